The molecule has 1 saturated heterocycles. The summed E-state index contributed by atoms with van der Waals surface area (Å²) in [7, 11) is -1.65. The van der Waals surface area contributed by atoms with Crippen LogP contribution in [-0.2, 0) is 26.0 Å². The number of carbonyl (C=O) groups is 2. The zero-order chi connectivity index (χ0) is 21.7. The molecule has 1 aliphatic heterocycles. The number of esters is 2. The molecule has 10 heteroatoms. The highest BCUT2D eigenvalue weighted by molar-refractivity contribution is 7.89. The molecule has 2 aromatic rings. The Morgan fingerprint density at radius 2 is 1.60 bits per heavy atom. The maximum atomic E-state index is 13.3. The quantitative estimate of drug-likeness (QED) is 0.625. The van der Waals surface area contributed by atoms with Crippen molar-refractivity contribution in [3.8, 4) is 0 Å². The first-order chi connectivity index (χ1) is 14.4. The van der Waals surface area contributed by atoms with Gasteiger partial charge in [-0.3, -0.25) is 9.88 Å². The molecule has 0 N–H and O–H groups in total. The predicted octanol–water partition coefficient (Wildman–Crippen LogP) is 1.16. The third-order valence-electron chi connectivity index (χ3n) is 4.91. The van der Waals surface area contributed by atoms with Crippen molar-refractivity contribution < 1.29 is 27.5 Å². The van der Waals surface area contributed by atoms with E-state index in [0.717, 1.165) is 11.6 Å². The molecule has 0 amide bonds. The fourth-order valence-corrected chi connectivity index (χ4v) is 4.90. The van der Waals surface area contributed by atoms with E-state index in [9.17, 15) is 18.0 Å². The lowest BCUT2D eigenvalue weighted by atomic mass is 10.1. The number of benzene rings is 1. The lowest BCUT2D eigenvalue weighted by Crippen LogP contribution is -2.48. The van der Waals surface area contributed by atoms with Gasteiger partial charge in [0, 0.05) is 45.1 Å². The van der Waals surface area contributed by atoms with Crippen molar-refractivity contribution in [2.24, 2.45) is 0 Å². The summed E-state index contributed by atoms with van der Waals surface area (Å²) in [5.41, 5.74) is 1.02. The summed E-state index contributed by atoms with van der Waals surface area (Å²) in [5.74, 6) is -1.48. The molecule has 0 aliphatic carbocycles. The van der Waals surface area contributed by atoms with Gasteiger partial charge in [-0.2, -0.15) is 4.31 Å². The highest BCUT2D eigenvalue weighted by atomic mass is 32.2. The van der Waals surface area contributed by atoms with E-state index in [2.05, 4.69) is 14.6 Å². The first-order valence-electron chi connectivity index (χ1n) is 9.29. The molecule has 1 fully saturated rings. The Morgan fingerprint density at radius 3 is 2.20 bits per heavy atom. The maximum Gasteiger partial charge on any atom is 0.339 e. The van der Waals surface area contributed by atoms with E-state index >= 15 is 0 Å². The van der Waals surface area contributed by atoms with Crippen LogP contribution in [-0.4, -0.2) is 74.9 Å². The van der Waals surface area contributed by atoms with Crippen molar-refractivity contribution >= 4 is 22.0 Å². The van der Waals surface area contributed by atoms with Crippen molar-refractivity contribution in [3.05, 3.63) is 59.4 Å². The van der Waals surface area contributed by atoms with Gasteiger partial charge in [0.2, 0.25) is 10.0 Å². The molecule has 0 atom stereocenters. The summed E-state index contributed by atoms with van der Waals surface area (Å²) in [4.78, 5) is 29.9. The van der Waals surface area contributed by atoms with Gasteiger partial charge in [0.05, 0.1) is 30.2 Å². The van der Waals surface area contributed by atoms with E-state index in [-0.39, 0.29) is 29.1 Å². The minimum absolute atomic E-state index is 0.0417. The predicted molar refractivity (Wildman–Crippen MR) is 107 cm³/mol. The third kappa shape index (κ3) is 4.66. The van der Waals surface area contributed by atoms with Crippen LogP contribution in [0, 0.1) is 0 Å². The van der Waals surface area contributed by atoms with Gasteiger partial charge >= 0.3 is 11.9 Å². The first-order valence-corrected chi connectivity index (χ1v) is 10.7. The Hall–Kier alpha value is -2.82. The number of aromatic nitrogens is 1. The zero-order valence-corrected chi connectivity index (χ0v) is 17.6. The van der Waals surface area contributed by atoms with Crippen LogP contribution in [0.1, 0.15) is 26.3 Å². The minimum atomic E-state index is -4.02. The molecular formula is C20H23N3O6S. The van der Waals surface area contributed by atoms with Crippen LogP contribution >= 0.6 is 0 Å². The van der Waals surface area contributed by atoms with Gasteiger partial charge in [-0.15, -0.1) is 0 Å². The number of sulfonamides is 1. The van der Waals surface area contributed by atoms with Gasteiger partial charge in [0.25, 0.3) is 0 Å². The highest BCUT2D eigenvalue weighted by Gasteiger charge is 2.33. The SMILES string of the molecule is COC(=O)c1ccc(C(=O)OC)c(S(=O)(=O)N2CCN(Cc3ccncc3)CC2)c1. The summed E-state index contributed by atoms with van der Waals surface area (Å²) in [5, 5.41) is 0. The van der Waals surface area contributed by atoms with Crippen LogP contribution < -0.4 is 0 Å². The average Bonchev–Trinajstić information content (AvgIpc) is 2.78. The van der Waals surface area contributed by atoms with Crippen molar-refractivity contribution in [2.75, 3.05) is 40.4 Å². The smallest absolute Gasteiger partial charge is 0.339 e. The van der Waals surface area contributed by atoms with E-state index in [1.165, 1.54) is 30.7 Å². The Bertz CT molecular complexity index is 1020. The number of carbonyl (C=O) groups excluding carboxylic acids is 2. The number of pyridine rings is 1. The number of hydrogen-bond acceptors (Lipinski definition) is 8. The standard InChI is InChI=1S/C20H23N3O6S/c1-28-19(24)16-3-4-17(20(25)29-2)18(13-16)30(26,27)23-11-9-22(10-12-23)14-15-5-7-21-8-6-15/h3-8,13H,9-12,14H2,1-2H3. The second-order valence-corrected chi connectivity index (χ2v) is 8.64. The van der Waals surface area contributed by atoms with Gasteiger partial charge in [-0.1, -0.05) is 0 Å². The lowest BCUT2D eigenvalue weighted by Gasteiger charge is -2.34. The Balaban J connectivity index is 1.82. The molecule has 1 aromatic heterocycles. The molecule has 0 saturated carbocycles. The molecule has 9 nitrogen and oxygen atoms in total. The van der Waals surface area contributed by atoms with Crippen molar-refractivity contribution in [1.29, 1.82) is 0 Å². The van der Waals surface area contributed by atoms with Gasteiger partial charge in [-0.25, -0.2) is 18.0 Å². The minimum Gasteiger partial charge on any atom is -0.465 e. The summed E-state index contributed by atoms with van der Waals surface area (Å²) >= 11 is 0. The first kappa shape index (κ1) is 21.9. The number of rotatable bonds is 6. The Labute approximate surface area is 175 Å². The number of methoxy groups -OCH3 is 2. The van der Waals surface area contributed by atoms with Gasteiger partial charge in [0.15, 0.2) is 0 Å². The van der Waals surface area contributed by atoms with Gasteiger partial charge < -0.3 is 9.47 Å². The van der Waals surface area contributed by atoms with E-state index in [1.54, 1.807) is 12.4 Å². The number of nitrogens with zero attached hydrogens (tertiary/aromatic N) is 3. The molecule has 1 aliphatic rings. The van der Waals surface area contributed by atoms with E-state index in [0.29, 0.717) is 19.6 Å². The van der Waals surface area contributed by atoms with Gasteiger partial charge in [0.1, 0.15) is 0 Å². The fourth-order valence-electron chi connectivity index (χ4n) is 3.27. The van der Waals surface area contributed by atoms with E-state index in [4.69, 9.17) is 4.74 Å². The molecule has 0 unspecified atom stereocenters. The van der Waals surface area contributed by atoms with E-state index < -0.39 is 22.0 Å². The Kier molecular flexibility index (Phi) is 6.80. The normalized spacial score (nSPS) is 15.5. The second kappa shape index (κ2) is 9.33. The molecule has 0 spiro atoms. The second-order valence-electron chi connectivity index (χ2n) is 6.73. The van der Waals surface area contributed by atoms with E-state index in [1.807, 2.05) is 12.1 Å². The maximum absolute atomic E-state index is 13.3. The third-order valence-corrected chi connectivity index (χ3v) is 6.85. The summed E-state index contributed by atoms with van der Waals surface area (Å²) < 4.78 is 37.3. The zero-order valence-electron chi connectivity index (χ0n) is 16.8. The number of piperazine rings is 1. The molecule has 0 radical (unpaired) electrons. The summed E-state index contributed by atoms with van der Waals surface area (Å²) in [6, 6.07) is 7.61. The molecule has 30 heavy (non-hydrogen) atoms. The van der Waals surface area contributed by atoms with Gasteiger partial charge in [-0.05, 0) is 35.9 Å². The number of hydrogen-bond donors (Lipinski definition) is 0. The molecule has 2 heterocycles. The fraction of sp³-hybridized carbons (Fsp3) is 0.350. The summed E-state index contributed by atoms with van der Waals surface area (Å²) in [6.07, 6.45) is 3.44. The molecule has 3 rings (SSSR count). The van der Waals surface area contributed by atoms with Crippen LogP contribution in [0.4, 0.5) is 0 Å². The lowest BCUT2D eigenvalue weighted by molar-refractivity contribution is 0.0583. The largest absolute Gasteiger partial charge is 0.465 e. The van der Waals surface area contributed by atoms with Crippen LogP contribution in [0.3, 0.4) is 0 Å². The van der Waals surface area contributed by atoms with Crippen LogP contribution in [0.2, 0.25) is 0 Å². The van der Waals surface area contributed by atoms with Crippen molar-refractivity contribution in [1.82, 2.24) is 14.2 Å². The monoisotopic (exact) mass is 433 g/mol. The molecule has 0 bridgehead atoms. The van der Waals surface area contributed by atoms with Crippen LogP contribution in [0.25, 0.3) is 0 Å². The topological polar surface area (TPSA) is 106 Å². The van der Waals surface area contributed by atoms with Crippen LogP contribution in [0.15, 0.2) is 47.6 Å². The number of ether oxygens (including phenoxy) is 2. The highest BCUT2D eigenvalue weighted by Crippen LogP contribution is 2.24. The van der Waals surface area contributed by atoms with Crippen molar-refractivity contribution in [3.63, 3.8) is 0 Å². The molecule has 160 valence electrons. The Morgan fingerprint density at radius 1 is 0.967 bits per heavy atom. The molecule has 1 aromatic carbocycles. The molecular weight excluding hydrogens is 410 g/mol. The van der Waals surface area contributed by atoms with Crippen LogP contribution in [0.5, 0.6) is 0 Å². The average molecular weight is 433 g/mol. The summed E-state index contributed by atoms with van der Waals surface area (Å²) in [6.45, 7) is 2.28. The van der Waals surface area contributed by atoms with Crippen molar-refractivity contribution in [2.45, 2.75) is 11.4 Å².